The van der Waals surface area contributed by atoms with E-state index in [0.717, 1.165) is 0 Å². The highest BCUT2D eigenvalue weighted by molar-refractivity contribution is 5.85. The molecule has 2 aromatic heterocycles. The van der Waals surface area contributed by atoms with E-state index in [1.807, 2.05) is 24.9 Å². The Morgan fingerprint density at radius 1 is 1.21 bits per heavy atom. The second-order valence-electron chi connectivity index (χ2n) is 5.34. The van der Waals surface area contributed by atoms with Crippen molar-refractivity contribution in [3.05, 3.63) is 64.1 Å². The molecule has 0 saturated heterocycles. The molecule has 0 unspecified atom stereocenters. The number of hydrogen-bond donors (Lipinski definition) is 0. The first-order valence-corrected chi connectivity index (χ1v) is 7.05. The Labute approximate surface area is 136 Å². The molecule has 122 valence electrons. The number of aromatic nitrogens is 2. The van der Waals surface area contributed by atoms with E-state index in [1.54, 1.807) is 23.0 Å². The summed E-state index contributed by atoms with van der Waals surface area (Å²) in [5.74, 6) is -0.402. The van der Waals surface area contributed by atoms with E-state index in [9.17, 15) is 14.5 Å². The molecule has 0 aliphatic carbocycles. The molecule has 0 aliphatic rings. The molecule has 0 N–H and O–H groups in total. The lowest BCUT2D eigenvalue weighted by Gasteiger charge is -1.99. The maximum atomic E-state index is 13.1. The maximum Gasteiger partial charge on any atom is 0.433 e. The predicted molar refractivity (Wildman–Crippen MR) is 85.2 cm³/mol. The minimum absolute atomic E-state index is 0.288. The van der Waals surface area contributed by atoms with E-state index >= 15 is 0 Å². The summed E-state index contributed by atoms with van der Waals surface area (Å²) in [6.45, 7) is 0. The van der Waals surface area contributed by atoms with Crippen LogP contribution in [-0.4, -0.2) is 39.6 Å². The highest BCUT2D eigenvalue weighted by atomic mass is 19.1. The van der Waals surface area contributed by atoms with Crippen LogP contribution in [0.3, 0.4) is 0 Å². The molecule has 0 aliphatic heterocycles. The van der Waals surface area contributed by atoms with E-state index in [0.29, 0.717) is 16.9 Å². The number of nitro groups is 1. The predicted octanol–water partition coefficient (Wildman–Crippen LogP) is 2.87. The maximum absolute atomic E-state index is 13.1. The summed E-state index contributed by atoms with van der Waals surface area (Å²) in [7, 11) is 3.70. The first-order chi connectivity index (χ1) is 11.4. The van der Waals surface area contributed by atoms with Crippen LogP contribution in [0.25, 0.3) is 17.1 Å². The third-order valence-electron chi connectivity index (χ3n) is 3.24. The van der Waals surface area contributed by atoms with Crippen molar-refractivity contribution in [3.63, 3.8) is 0 Å². The minimum Gasteiger partial charge on any atom is -0.399 e. The molecule has 0 radical (unpaired) electrons. The van der Waals surface area contributed by atoms with Gasteiger partial charge in [-0.3, -0.25) is 10.1 Å². The molecular weight excluding hydrogens is 315 g/mol. The van der Waals surface area contributed by atoms with Crippen LogP contribution in [0.5, 0.6) is 0 Å². The molecule has 1 aromatic carbocycles. The molecule has 0 amide bonds. The first kappa shape index (κ1) is 15.6. The van der Waals surface area contributed by atoms with E-state index in [1.165, 1.54) is 24.3 Å². The summed E-state index contributed by atoms with van der Waals surface area (Å²) in [6.07, 6.45) is 3.56. The summed E-state index contributed by atoms with van der Waals surface area (Å²) >= 11 is 0. The number of furan rings is 1. The van der Waals surface area contributed by atoms with Crippen LogP contribution in [0.1, 0.15) is 5.56 Å². The number of hydrogen-bond acceptors (Lipinski definition) is 4. The van der Waals surface area contributed by atoms with Crippen molar-refractivity contribution in [1.29, 1.82) is 0 Å². The Morgan fingerprint density at radius 2 is 1.92 bits per heavy atom. The van der Waals surface area contributed by atoms with Crippen LogP contribution in [0, 0.1) is 15.9 Å². The van der Waals surface area contributed by atoms with Crippen LogP contribution in [0.4, 0.5) is 10.3 Å². The fraction of sp³-hybridized carbons (Fsp3) is 0.125. The quantitative estimate of drug-likeness (QED) is 0.319. The van der Waals surface area contributed by atoms with Gasteiger partial charge in [0.15, 0.2) is 12.0 Å². The highest BCUT2D eigenvalue weighted by Gasteiger charge is 2.20. The average molecular weight is 329 g/mol. The van der Waals surface area contributed by atoms with Gasteiger partial charge in [-0.15, -0.1) is 0 Å². The standard InChI is InChI=1S/C16H14FN4O3/c1-19(2)9-11-10-20(13-5-3-12(17)4-6-13)18-16(11)14-7-8-15(24-14)21(22)23/h3-10H,1-2H3/q+1. The van der Waals surface area contributed by atoms with Gasteiger partial charge in [0.25, 0.3) is 0 Å². The van der Waals surface area contributed by atoms with Crippen molar-refractivity contribution < 1.29 is 18.3 Å². The highest BCUT2D eigenvalue weighted by Crippen LogP contribution is 2.27. The second-order valence-corrected chi connectivity index (χ2v) is 5.34. The largest absolute Gasteiger partial charge is 0.433 e. The van der Waals surface area contributed by atoms with Gasteiger partial charge in [0.2, 0.25) is 0 Å². The Balaban J connectivity index is 2.11. The van der Waals surface area contributed by atoms with Gasteiger partial charge in [-0.25, -0.2) is 13.6 Å². The SMILES string of the molecule is C[N+](C)=Cc1cn(-c2ccc(F)cc2)nc1-c1ccc([N+](=O)[O-])o1. The van der Waals surface area contributed by atoms with Gasteiger partial charge in [-0.1, -0.05) is 0 Å². The summed E-state index contributed by atoms with van der Waals surface area (Å²) in [4.78, 5) is 10.2. The van der Waals surface area contributed by atoms with E-state index in [4.69, 9.17) is 4.42 Å². The van der Waals surface area contributed by atoms with Crippen molar-refractivity contribution in [2.24, 2.45) is 0 Å². The van der Waals surface area contributed by atoms with Gasteiger partial charge in [0.1, 0.15) is 30.5 Å². The molecule has 7 nitrogen and oxygen atoms in total. The Kier molecular flexibility index (Phi) is 3.95. The molecule has 8 heteroatoms. The Morgan fingerprint density at radius 3 is 2.50 bits per heavy atom. The normalized spacial score (nSPS) is 10.6. The van der Waals surface area contributed by atoms with E-state index in [2.05, 4.69) is 5.10 Å². The number of nitrogens with zero attached hydrogens (tertiary/aromatic N) is 4. The smallest absolute Gasteiger partial charge is 0.399 e. The van der Waals surface area contributed by atoms with Crippen molar-refractivity contribution in [2.45, 2.75) is 0 Å². The number of rotatable bonds is 4. The number of halogens is 1. The lowest BCUT2D eigenvalue weighted by Crippen LogP contribution is -1.99. The van der Waals surface area contributed by atoms with Crippen molar-refractivity contribution in [1.82, 2.24) is 9.78 Å². The zero-order valence-electron chi connectivity index (χ0n) is 13.0. The first-order valence-electron chi connectivity index (χ1n) is 7.05. The lowest BCUT2D eigenvalue weighted by atomic mass is 10.2. The molecule has 24 heavy (non-hydrogen) atoms. The monoisotopic (exact) mass is 329 g/mol. The third-order valence-corrected chi connectivity index (χ3v) is 3.24. The Hall–Kier alpha value is -3.29. The molecule has 0 spiro atoms. The minimum atomic E-state index is -0.601. The summed E-state index contributed by atoms with van der Waals surface area (Å²) in [6, 6.07) is 8.65. The molecule has 0 bridgehead atoms. The van der Waals surface area contributed by atoms with E-state index in [-0.39, 0.29) is 17.5 Å². The van der Waals surface area contributed by atoms with Crippen LogP contribution in [-0.2, 0) is 0 Å². The van der Waals surface area contributed by atoms with Crippen molar-refractivity contribution >= 4 is 12.1 Å². The van der Waals surface area contributed by atoms with Crippen LogP contribution >= 0.6 is 0 Å². The van der Waals surface area contributed by atoms with Crippen LogP contribution in [0.15, 0.2) is 47.0 Å². The van der Waals surface area contributed by atoms with Gasteiger partial charge in [0, 0.05) is 6.20 Å². The summed E-state index contributed by atoms with van der Waals surface area (Å²) in [5, 5.41) is 15.2. The van der Waals surface area contributed by atoms with Crippen LogP contribution in [0.2, 0.25) is 0 Å². The number of benzene rings is 1. The molecular formula is C16H14FN4O3+. The third kappa shape index (κ3) is 3.07. The Bertz CT molecular complexity index is 921. The second kappa shape index (κ2) is 6.07. The van der Waals surface area contributed by atoms with Gasteiger partial charge >= 0.3 is 5.88 Å². The van der Waals surface area contributed by atoms with Crippen LogP contribution < -0.4 is 0 Å². The van der Waals surface area contributed by atoms with Gasteiger partial charge in [-0.05, 0) is 30.3 Å². The fourth-order valence-electron chi connectivity index (χ4n) is 2.23. The molecule has 2 heterocycles. The zero-order chi connectivity index (χ0) is 17.3. The molecule has 3 rings (SSSR count). The fourth-order valence-corrected chi connectivity index (χ4v) is 2.23. The molecule has 0 fully saturated rings. The van der Waals surface area contributed by atoms with Gasteiger partial charge in [0.05, 0.1) is 17.3 Å². The molecule has 0 atom stereocenters. The van der Waals surface area contributed by atoms with E-state index < -0.39 is 4.92 Å². The van der Waals surface area contributed by atoms with Gasteiger partial charge < -0.3 is 4.42 Å². The summed E-state index contributed by atoms with van der Waals surface area (Å²) in [5.41, 5.74) is 1.84. The zero-order valence-corrected chi connectivity index (χ0v) is 13.0. The topological polar surface area (TPSA) is 77.1 Å². The molecule has 3 aromatic rings. The average Bonchev–Trinajstić information content (AvgIpc) is 3.14. The summed E-state index contributed by atoms with van der Waals surface area (Å²) < 4.78 is 21.7. The van der Waals surface area contributed by atoms with Crippen molar-refractivity contribution in [2.75, 3.05) is 14.1 Å². The van der Waals surface area contributed by atoms with Gasteiger partial charge in [-0.2, -0.15) is 5.10 Å². The molecule has 0 saturated carbocycles. The lowest BCUT2D eigenvalue weighted by molar-refractivity contribution is -0.458. The van der Waals surface area contributed by atoms with Crippen molar-refractivity contribution in [3.8, 4) is 17.1 Å².